The van der Waals surface area contributed by atoms with Crippen molar-refractivity contribution in [3.63, 3.8) is 0 Å². The molecule has 0 heterocycles. The second kappa shape index (κ2) is 7.86. The lowest BCUT2D eigenvalue weighted by Gasteiger charge is -2.06. The Hall–Kier alpha value is -1.78. The molecule has 0 atom stereocenters. The van der Waals surface area contributed by atoms with Crippen molar-refractivity contribution in [1.29, 1.82) is 0 Å². The Morgan fingerprint density at radius 3 is 2.76 bits per heavy atom. The Morgan fingerprint density at radius 1 is 1.19 bits per heavy atom. The first kappa shape index (κ1) is 15.6. The molecule has 0 saturated carbocycles. The van der Waals surface area contributed by atoms with Crippen molar-refractivity contribution in [2.45, 2.75) is 6.54 Å². The summed E-state index contributed by atoms with van der Waals surface area (Å²) >= 11 is 9.41. The van der Waals surface area contributed by atoms with E-state index in [1.165, 1.54) is 0 Å². The fraction of sp³-hybridized carbons (Fsp3) is 0.0625. The largest absolute Gasteiger partial charge is 0.334 e. The monoisotopic (exact) mass is 364 g/mol. The third kappa shape index (κ3) is 5.25. The molecular weight excluding hydrogens is 352 g/mol. The number of amides is 2. The quantitative estimate of drug-likeness (QED) is 0.818. The summed E-state index contributed by atoms with van der Waals surface area (Å²) < 4.78 is 0.993. The predicted molar refractivity (Wildman–Crippen MR) is 90.0 cm³/mol. The zero-order valence-electron chi connectivity index (χ0n) is 11.1. The van der Waals surface area contributed by atoms with Crippen LogP contribution in [0.4, 0.5) is 4.79 Å². The van der Waals surface area contributed by atoms with Crippen LogP contribution in [-0.2, 0) is 6.54 Å². The molecule has 2 aromatic rings. The van der Waals surface area contributed by atoms with Gasteiger partial charge in [0.25, 0.3) is 0 Å². The van der Waals surface area contributed by atoms with Gasteiger partial charge in [0.15, 0.2) is 0 Å². The van der Waals surface area contributed by atoms with Crippen molar-refractivity contribution in [3.05, 3.63) is 75.4 Å². The first-order valence-corrected chi connectivity index (χ1v) is 7.52. The maximum absolute atomic E-state index is 11.7. The second-order valence-electron chi connectivity index (χ2n) is 4.31. The first-order chi connectivity index (χ1) is 10.1. The van der Waals surface area contributed by atoms with E-state index in [0.29, 0.717) is 11.6 Å². The molecule has 2 amide bonds. The average molecular weight is 366 g/mol. The van der Waals surface area contributed by atoms with Gasteiger partial charge in [-0.1, -0.05) is 57.9 Å². The summed E-state index contributed by atoms with van der Waals surface area (Å²) in [4.78, 5) is 11.7. The van der Waals surface area contributed by atoms with Crippen molar-refractivity contribution in [2.75, 3.05) is 0 Å². The standard InChI is InChI=1S/C16H14BrClN2O/c17-14-6-3-4-12(10-14)8-9-19-16(21)20-11-13-5-1-2-7-15(13)18/h1-10H,11H2,(H2,19,20,21)/b9-8+. The van der Waals surface area contributed by atoms with E-state index in [9.17, 15) is 4.79 Å². The Morgan fingerprint density at radius 2 is 2.00 bits per heavy atom. The van der Waals surface area contributed by atoms with Crippen LogP contribution in [0.15, 0.2) is 59.2 Å². The van der Waals surface area contributed by atoms with Gasteiger partial charge in [-0.15, -0.1) is 0 Å². The van der Waals surface area contributed by atoms with Crippen LogP contribution in [0.25, 0.3) is 6.08 Å². The summed E-state index contributed by atoms with van der Waals surface area (Å²) in [5.41, 5.74) is 1.88. The number of urea groups is 1. The SMILES string of the molecule is O=C(N/C=C/c1cccc(Br)c1)NCc1ccccc1Cl. The minimum atomic E-state index is -0.277. The molecule has 0 bridgehead atoms. The highest BCUT2D eigenvalue weighted by molar-refractivity contribution is 9.10. The van der Waals surface area contributed by atoms with Gasteiger partial charge < -0.3 is 10.6 Å². The maximum Gasteiger partial charge on any atom is 0.319 e. The molecule has 0 aliphatic rings. The molecule has 2 N–H and O–H groups in total. The van der Waals surface area contributed by atoms with Crippen LogP contribution in [0.3, 0.4) is 0 Å². The van der Waals surface area contributed by atoms with E-state index in [1.807, 2.05) is 48.5 Å². The lowest BCUT2D eigenvalue weighted by molar-refractivity contribution is 0.244. The summed E-state index contributed by atoms with van der Waals surface area (Å²) in [6.45, 7) is 0.385. The van der Waals surface area contributed by atoms with Crippen LogP contribution in [0, 0.1) is 0 Å². The third-order valence-electron chi connectivity index (χ3n) is 2.74. The second-order valence-corrected chi connectivity index (χ2v) is 5.63. The van der Waals surface area contributed by atoms with Crippen LogP contribution < -0.4 is 10.6 Å². The highest BCUT2D eigenvalue weighted by Crippen LogP contribution is 2.14. The van der Waals surface area contributed by atoms with Crippen molar-refractivity contribution in [2.24, 2.45) is 0 Å². The number of carbonyl (C=O) groups is 1. The molecule has 0 aliphatic heterocycles. The predicted octanol–water partition coefficient (Wildman–Crippen LogP) is 4.57. The molecule has 3 nitrogen and oxygen atoms in total. The van der Waals surface area contributed by atoms with Gasteiger partial charge in [0.1, 0.15) is 0 Å². The Kier molecular flexibility index (Phi) is 5.84. The van der Waals surface area contributed by atoms with Gasteiger partial charge >= 0.3 is 6.03 Å². The van der Waals surface area contributed by atoms with E-state index in [2.05, 4.69) is 26.6 Å². The van der Waals surface area contributed by atoms with Crippen LogP contribution in [0.1, 0.15) is 11.1 Å². The Bertz CT molecular complexity index is 658. The van der Waals surface area contributed by atoms with E-state index < -0.39 is 0 Å². The van der Waals surface area contributed by atoms with E-state index in [4.69, 9.17) is 11.6 Å². The van der Waals surface area contributed by atoms with Crippen molar-refractivity contribution in [1.82, 2.24) is 10.6 Å². The molecule has 5 heteroatoms. The third-order valence-corrected chi connectivity index (χ3v) is 3.60. The number of nitrogens with one attached hydrogen (secondary N) is 2. The fourth-order valence-corrected chi connectivity index (χ4v) is 2.31. The zero-order chi connectivity index (χ0) is 15.1. The lowest BCUT2D eigenvalue weighted by Crippen LogP contribution is -2.31. The Labute approximate surface area is 137 Å². The molecule has 108 valence electrons. The van der Waals surface area contributed by atoms with E-state index in [0.717, 1.165) is 15.6 Å². The number of hydrogen-bond donors (Lipinski definition) is 2. The molecule has 0 spiro atoms. The Balaban J connectivity index is 1.81. The van der Waals surface area contributed by atoms with Gasteiger partial charge in [-0.05, 0) is 35.4 Å². The molecule has 21 heavy (non-hydrogen) atoms. The van der Waals surface area contributed by atoms with E-state index >= 15 is 0 Å². The fourth-order valence-electron chi connectivity index (χ4n) is 1.69. The summed E-state index contributed by atoms with van der Waals surface area (Å²) in [7, 11) is 0. The van der Waals surface area contributed by atoms with E-state index in [-0.39, 0.29) is 6.03 Å². The van der Waals surface area contributed by atoms with Gasteiger partial charge in [0, 0.05) is 22.2 Å². The highest BCUT2D eigenvalue weighted by Gasteiger charge is 2.01. The lowest BCUT2D eigenvalue weighted by atomic mass is 10.2. The zero-order valence-corrected chi connectivity index (χ0v) is 13.5. The van der Waals surface area contributed by atoms with Gasteiger partial charge in [0.05, 0.1) is 0 Å². The highest BCUT2D eigenvalue weighted by atomic mass is 79.9. The molecular formula is C16H14BrClN2O. The van der Waals surface area contributed by atoms with Gasteiger partial charge in [-0.2, -0.15) is 0 Å². The molecule has 0 aliphatic carbocycles. The van der Waals surface area contributed by atoms with Crippen molar-refractivity contribution < 1.29 is 4.79 Å². The number of benzene rings is 2. The number of rotatable bonds is 4. The topological polar surface area (TPSA) is 41.1 Å². The summed E-state index contributed by atoms with van der Waals surface area (Å²) in [5.74, 6) is 0. The number of carbonyl (C=O) groups excluding carboxylic acids is 1. The molecule has 0 aromatic heterocycles. The normalized spacial score (nSPS) is 10.6. The van der Waals surface area contributed by atoms with Gasteiger partial charge in [0.2, 0.25) is 0 Å². The molecule has 0 fully saturated rings. The van der Waals surface area contributed by atoms with Gasteiger partial charge in [-0.25, -0.2) is 4.79 Å². The smallest absolute Gasteiger partial charge is 0.319 e. The van der Waals surface area contributed by atoms with Crippen LogP contribution in [-0.4, -0.2) is 6.03 Å². The average Bonchev–Trinajstić information content (AvgIpc) is 2.46. The van der Waals surface area contributed by atoms with Crippen LogP contribution in [0.5, 0.6) is 0 Å². The number of halogens is 2. The summed E-state index contributed by atoms with van der Waals surface area (Å²) in [5, 5.41) is 6.03. The first-order valence-electron chi connectivity index (χ1n) is 6.35. The van der Waals surface area contributed by atoms with Crippen LogP contribution >= 0.6 is 27.5 Å². The molecule has 0 unspecified atom stereocenters. The van der Waals surface area contributed by atoms with Crippen LogP contribution in [0.2, 0.25) is 5.02 Å². The van der Waals surface area contributed by atoms with E-state index in [1.54, 1.807) is 12.3 Å². The minimum absolute atomic E-state index is 0.277. The molecule has 0 saturated heterocycles. The summed E-state index contributed by atoms with van der Waals surface area (Å²) in [6.07, 6.45) is 3.42. The van der Waals surface area contributed by atoms with Gasteiger partial charge in [-0.3, -0.25) is 0 Å². The molecule has 2 rings (SSSR count). The number of hydrogen-bond acceptors (Lipinski definition) is 1. The summed E-state index contributed by atoms with van der Waals surface area (Å²) in [6, 6.07) is 14.9. The maximum atomic E-state index is 11.7. The minimum Gasteiger partial charge on any atom is -0.334 e. The molecule has 2 aromatic carbocycles. The van der Waals surface area contributed by atoms with Crippen molar-refractivity contribution >= 4 is 39.6 Å². The molecule has 0 radical (unpaired) electrons. The van der Waals surface area contributed by atoms with Crippen molar-refractivity contribution in [3.8, 4) is 0 Å².